The summed E-state index contributed by atoms with van der Waals surface area (Å²) in [6, 6.07) is 17.1. The van der Waals surface area contributed by atoms with Gasteiger partial charge in [-0.05, 0) is 36.6 Å². The second kappa shape index (κ2) is 6.79. The van der Waals surface area contributed by atoms with Crippen LogP contribution in [0.15, 0.2) is 54.6 Å². The summed E-state index contributed by atoms with van der Waals surface area (Å²) >= 11 is 0. The number of rotatable bonds is 3. The summed E-state index contributed by atoms with van der Waals surface area (Å²) in [5, 5.41) is 0. The molecule has 25 heavy (non-hydrogen) atoms. The molecule has 0 saturated heterocycles. The summed E-state index contributed by atoms with van der Waals surface area (Å²) in [6.07, 6.45) is -0.585. The SMILES string of the molecule is CC(Oc1ccccc1)C(=O)N1c2ccccc2OCC1C(C)(C)C. The Morgan fingerprint density at radius 1 is 1.12 bits per heavy atom. The molecule has 4 nitrogen and oxygen atoms in total. The molecular weight excluding hydrogens is 314 g/mol. The first kappa shape index (κ1) is 17.3. The van der Waals surface area contributed by atoms with Gasteiger partial charge in [-0.3, -0.25) is 9.69 Å². The van der Waals surface area contributed by atoms with Gasteiger partial charge in [0, 0.05) is 0 Å². The summed E-state index contributed by atoms with van der Waals surface area (Å²) in [4.78, 5) is 15.1. The van der Waals surface area contributed by atoms with Gasteiger partial charge < -0.3 is 9.47 Å². The molecule has 0 bridgehead atoms. The van der Waals surface area contributed by atoms with Crippen molar-refractivity contribution in [3.8, 4) is 11.5 Å². The van der Waals surface area contributed by atoms with Crippen LogP contribution in [-0.2, 0) is 4.79 Å². The summed E-state index contributed by atoms with van der Waals surface area (Å²) in [6.45, 7) is 8.64. The van der Waals surface area contributed by atoms with Crippen LogP contribution in [0.1, 0.15) is 27.7 Å². The first-order valence-electron chi connectivity index (χ1n) is 8.64. The van der Waals surface area contributed by atoms with Gasteiger partial charge in [-0.1, -0.05) is 51.1 Å². The number of amides is 1. The molecule has 0 radical (unpaired) electrons. The van der Waals surface area contributed by atoms with Crippen LogP contribution in [0, 0.1) is 5.41 Å². The number of benzene rings is 2. The van der Waals surface area contributed by atoms with Crippen LogP contribution in [0.5, 0.6) is 11.5 Å². The van der Waals surface area contributed by atoms with Crippen LogP contribution < -0.4 is 14.4 Å². The normalized spacial score (nSPS) is 18.1. The summed E-state index contributed by atoms with van der Waals surface area (Å²) in [5.41, 5.74) is 0.692. The Hall–Kier alpha value is -2.49. The molecule has 1 aliphatic rings. The number of carbonyl (C=O) groups excluding carboxylic acids is 1. The van der Waals surface area contributed by atoms with E-state index in [0.717, 1.165) is 11.4 Å². The van der Waals surface area contributed by atoms with E-state index in [1.165, 1.54) is 0 Å². The predicted molar refractivity (Wildman–Crippen MR) is 99.2 cm³/mol. The number of hydrogen-bond acceptors (Lipinski definition) is 3. The van der Waals surface area contributed by atoms with Crippen LogP contribution in [-0.4, -0.2) is 24.7 Å². The van der Waals surface area contributed by atoms with Gasteiger partial charge in [0.1, 0.15) is 18.1 Å². The molecular formula is C21H25NO3. The molecule has 0 saturated carbocycles. The minimum Gasteiger partial charge on any atom is -0.489 e. The maximum Gasteiger partial charge on any atom is 0.268 e. The van der Waals surface area contributed by atoms with E-state index in [4.69, 9.17) is 9.47 Å². The zero-order valence-electron chi connectivity index (χ0n) is 15.2. The van der Waals surface area contributed by atoms with Crippen molar-refractivity contribution in [3.63, 3.8) is 0 Å². The van der Waals surface area contributed by atoms with Gasteiger partial charge in [0.15, 0.2) is 6.10 Å². The van der Waals surface area contributed by atoms with Gasteiger partial charge in [-0.25, -0.2) is 0 Å². The molecule has 2 aromatic carbocycles. The van der Waals surface area contributed by atoms with Gasteiger partial charge in [0.05, 0.1) is 11.7 Å². The average molecular weight is 339 g/mol. The number of hydrogen-bond donors (Lipinski definition) is 0. The van der Waals surface area contributed by atoms with Crippen LogP contribution in [0.4, 0.5) is 5.69 Å². The van der Waals surface area contributed by atoms with Crippen LogP contribution in [0.2, 0.25) is 0 Å². The minimum absolute atomic E-state index is 0.0560. The van der Waals surface area contributed by atoms with Gasteiger partial charge in [-0.2, -0.15) is 0 Å². The lowest BCUT2D eigenvalue weighted by molar-refractivity contribution is -0.126. The molecule has 2 aromatic rings. The largest absolute Gasteiger partial charge is 0.489 e. The molecule has 2 atom stereocenters. The van der Waals surface area contributed by atoms with E-state index in [1.54, 1.807) is 6.92 Å². The molecule has 0 aliphatic carbocycles. The van der Waals surface area contributed by atoms with Crippen molar-refractivity contribution in [2.75, 3.05) is 11.5 Å². The highest BCUT2D eigenvalue weighted by Gasteiger charge is 2.41. The minimum atomic E-state index is -0.585. The molecule has 3 rings (SSSR count). The number of carbonyl (C=O) groups is 1. The maximum atomic E-state index is 13.3. The van der Waals surface area contributed by atoms with Crippen molar-refractivity contribution in [1.82, 2.24) is 0 Å². The van der Waals surface area contributed by atoms with Gasteiger partial charge in [-0.15, -0.1) is 0 Å². The van der Waals surface area contributed by atoms with E-state index < -0.39 is 6.10 Å². The van der Waals surface area contributed by atoms with Crippen LogP contribution in [0.3, 0.4) is 0 Å². The lowest BCUT2D eigenvalue weighted by atomic mass is 9.84. The molecule has 0 aromatic heterocycles. The molecule has 1 heterocycles. The van der Waals surface area contributed by atoms with E-state index >= 15 is 0 Å². The predicted octanol–water partition coefficient (Wildman–Crippen LogP) is 4.29. The Balaban J connectivity index is 1.91. The van der Waals surface area contributed by atoms with Crippen molar-refractivity contribution in [2.24, 2.45) is 5.41 Å². The first-order chi connectivity index (χ1) is 11.9. The number of fused-ring (bicyclic) bond motifs is 1. The standard InChI is InChI=1S/C21H25NO3/c1-15(25-16-10-6-5-7-11-16)20(23)22-17-12-8-9-13-18(17)24-14-19(22)21(2,3)4/h5-13,15,19H,14H2,1-4H3. The third-order valence-electron chi connectivity index (χ3n) is 4.47. The Kier molecular flexibility index (Phi) is 4.71. The Bertz CT molecular complexity index is 736. The monoisotopic (exact) mass is 339 g/mol. The van der Waals surface area contributed by atoms with E-state index in [9.17, 15) is 4.79 Å². The number of ether oxygens (including phenoxy) is 2. The smallest absolute Gasteiger partial charge is 0.268 e. The second-order valence-corrected chi connectivity index (χ2v) is 7.44. The molecule has 1 amide bonds. The van der Waals surface area contributed by atoms with Gasteiger partial charge in [0.25, 0.3) is 5.91 Å². The molecule has 1 aliphatic heterocycles. The third-order valence-corrected chi connectivity index (χ3v) is 4.47. The van der Waals surface area contributed by atoms with Crippen molar-refractivity contribution >= 4 is 11.6 Å². The Morgan fingerprint density at radius 2 is 1.76 bits per heavy atom. The molecule has 0 N–H and O–H groups in total. The fourth-order valence-corrected chi connectivity index (χ4v) is 3.05. The zero-order valence-corrected chi connectivity index (χ0v) is 15.2. The fourth-order valence-electron chi connectivity index (χ4n) is 3.05. The van der Waals surface area contributed by atoms with E-state index in [2.05, 4.69) is 20.8 Å². The van der Waals surface area contributed by atoms with E-state index in [1.807, 2.05) is 59.5 Å². The zero-order chi connectivity index (χ0) is 18.0. The van der Waals surface area contributed by atoms with Gasteiger partial charge in [0.2, 0.25) is 0 Å². The highest BCUT2D eigenvalue weighted by molar-refractivity contribution is 5.99. The molecule has 0 spiro atoms. The summed E-state index contributed by atoms with van der Waals surface area (Å²) in [5.74, 6) is 1.37. The number of para-hydroxylation sites is 3. The van der Waals surface area contributed by atoms with Gasteiger partial charge >= 0.3 is 0 Å². The average Bonchev–Trinajstić information content (AvgIpc) is 2.60. The number of nitrogens with zero attached hydrogens (tertiary/aromatic N) is 1. The molecule has 4 heteroatoms. The van der Waals surface area contributed by atoms with E-state index in [-0.39, 0.29) is 17.4 Å². The maximum absolute atomic E-state index is 13.3. The highest BCUT2D eigenvalue weighted by Crippen LogP contribution is 2.39. The van der Waals surface area contributed by atoms with Crippen molar-refractivity contribution in [3.05, 3.63) is 54.6 Å². The topological polar surface area (TPSA) is 38.8 Å². The Labute approximate surface area is 149 Å². The summed E-state index contributed by atoms with van der Waals surface area (Å²) in [7, 11) is 0. The highest BCUT2D eigenvalue weighted by atomic mass is 16.5. The quantitative estimate of drug-likeness (QED) is 0.837. The summed E-state index contributed by atoms with van der Waals surface area (Å²) < 4.78 is 11.8. The lowest BCUT2D eigenvalue weighted by Crippen LogP contribution is -2.56. The molecule has 2 unspecified atom stereocenters. The van der Waals surface area contributed by atoms with Crippen LogP contribution in [0.25, 0.3) is 0 Å². The number of anilines is 1. The third kappa shape index (κ3) is 3.63. The van der Waals surface area contributed by atoms with Crippen molar-refractivity contribution < 1.29 is 14.3 Å². The van der Waals surface area contributed by atoms with E-state index in [0.29, 0.717) is 12.4 Å². The van der Waals surface area contributed by atoms with Crippen molar-refractivity contribution in [1.29, 1.82) is 0 Å². The second-order valence-electron chi connectivity index (χ2n) is 7.44. The van der Waals surface area contributed by atoms with Crippen LogP contribution >= 0.6 is 0 Å². The fraction of sp³-hybridized carbons (Fsp3) is 0.381. The molecule has 0 fully saturated rings. The molecule has 132 valence electrons. The Morgan fingerprint density at radius 3 is 2.44 bits per heavy atom. The van der Waals surface area contributed by atoms with Crippen molar-refractivity contribution in [2.45, 2.75) is 39.8 Å². The lowest BCUT2D eigenvalue weighted by Gasteiger charge is -2.44. The first-order valence-corrected chi connectivity index (χ1v) is 8.64.